The molecular formula is C23H22FN3OS. The number of nitrogens with zero attached hydrogens (tertiary/aromatic N) is 1. The first kappa shape index (κ1) is 19.3. The lowest BCUT2D eigenvalue weighted by Gasteiger charge is -2.13. The summed E-state index contributed by atoms with van der Waals surface area (Å²) in [6.45, 7) is 6.17. The molecule has 2 aromatic carbocycles. The molecular weight excluding hydrogens is 385 g/mol. The van der Waals surface area contributed by atoms with E-state index in [0.29, 0.717) is 10.6 Å². The van der Waals surface area contributed by atoms with Crippen molar-refractivity contribution in [3.63, 3.8) is 0 Å². The molecule has 2 N–H and O–H groups in total. The molecule has 3 aromatic rings. The Hall–Kier alpha value is -2.99. The largest absolute Gasteiger partial charge is 0.354 e. The Balaban J connectivity index is 1.58. The molecule has 29 heavy (non-hydrogen) atoms. The van der Waals surface area contributed by atoms with E-state index in [4.69, 9.17) is 0 Å². The van der Waals surface area contributed by atoms with Gasteiger partial charge in [0.1, 0.15) is 5.82 Å². The number of carbonyl (C=O) groups is 1. The van der Waals surface area contributed by atoms with Crippen LogP contribution in [0.5, 0.6) is 0 Å². The minimum atomic E-state index is -0.411. The summed E-state index contributed by atoms with van der Waals surface area (Å²) < 4.78 is 16.0. The second kappa shape index (κ2) is 7.79. The fraction of sp³-hybridized carbons (Fsp3) is 0.174. The molecule has 4 nitrogen and oxygen atoms in total. The fourth-order valence-corrected chi connectivity index (χ4v) is 4.42. The average Bonchev–Trinajstić information content (AvgIpc) is 3.17. The third kappa shape index (κ3) is 3.93. The molecule has 1 saturated heterocycles. The number of hydrogen-bond donors (Lipinski definition) is 2. The lowest BCUT2D eigenvalue weighted by atomic mass is 10.2. The molecule has 0 aliphatic carbocycles. The van der Waals surface area contributed by atoms with Crippen LogP contribution in [0, 0.1) is 26.6 Å². The minimum absolute atomic E-state index is 0.163. The van der Waals surface area contributed by atoms with Crippen LogP contribution in [-0.2, 0) is 4.79 Å². The van der Waals surface area contributed by atoms with Crippen LogP contribution in [0.1, 0.15) is 22.5 Å². The molecule has 1 aliphatic heterocycles. The van der Waals surface area contributed by atoms with Gasteiger partial charge in [0, 0.05) is 17.1 Å². The van der Waals surface area contributed by atoms with Crippen LogP contribution in [0.4, 0.5) is 10.1 Å². The predicted octanol–water partition coefficient (Wildman–Crippen LogP) is 5.14. The lowest BCUT2D eigenvalue weighted by molar-refractivity contribution is -0.116. The van der Waals surface area contributed by atoms with E-state index in [9.17, 15) is 9.18 Å². The van der Waals surface area contributed by atoms with E-state index in [1.807, 2.05) is 13.0 Å². The first-order chi connectivity index (χ1) is 13.9. The molecule has 1 aromatic heterocycles. The number of thioether (sulfide) groups is 1. The van der Waals surface area contributed by atoms with Crippen molar-refractivity contribution in [2.75, 3.05) is 5.32 Å². The number of amides is 1. The van der Waals surface area contributed by atoms with Gasteiger partial charge in [-0.15, -0.1) is 0 Å². The Bertz CT molecular complexity index is 1100. The van der Waals surface area contributed by atoms with Crippen LogP contribution >= 0.6 is 11.8 Å². The molecule has 148 valence electrons. The molecule has 4 rings (SSSR count). The highest BCUT2D eigenvalue weighted by Gasteiger charge is 2.28. The van der Waals surface area contributed by atoms with Crippen LogP contribution in [0.2, 0.25) is 0 Å². The molecule has 2 heterocycles. The monoisotopic (exact) mass is 407 g/mol. The van der Waals surface area contributed by atoms with E-state index < -0.39 is 5.50 Å². The van der Waals surface area contributed by atoms with Gasteiger partial charge in [-0.05, 0) is 62.7 Å². The minimum Gasteiger partial charge on any atom is -0.354 e. The third-order valence-electron chi connectivity index (χ3n) is 4.94. The summed E-state index contributed by atoms with van der Waals surface area (Å²) >= 11 is 1.35. The summed E-state index contributed by atoms with van der Waals surface area (Å²) in [5.41, 5.74) is 5.42. The van der Waals surface area contributed by atoms with Crippen molar-refractivity contribution >= 4 is 29.4 Å². The molecule has 0 spiro atoms. The first-order valence-corrected chi connectivity index (χ1v) is 10.3. The van der Waals surface area contributed by atoms with E-state index in [2.05, 4.69) is 59.4 Å². The van der Waals surface area contributed by atoms with E-state index in [-0.39, 0.29) is 11.7 Å². The average molecular weight is 408 g/mol. The van der Waals surface area contributed by atoms with Gasteiger partial charge >= 0.3 is 0 Å². The Labute approximate surface area is 173 Å². The number of benzene rings is 2. The van der Waals surface area contributed by atoms with E-state index in [1.54, 1.807) is 18.2 Å². The number of aryl methyl sites for hydroxylation is 2. The van der Waals surface area contributed by atoms with Crippen molar-refractivity contribution in [2.45, 2.75) is 26.3 Å². The smallest absolute Gasteiger partial charge is 0.260 e. The molecule has 0 radical (unpaired) electrons. The molecule has 0 bridgehead atoms. The Morgan fingerprint density at radius 1 is 1.10 bits per heavy atom. The van der Waals surface area contributed by atoms with Crippen LogP contribution < -0.4 is 10.6 Å². The lowest BCUT2D eigenvalue weighted by Crippen LogP contribution is -2.31. The van der Waals surface area contributed by atoms with Gasteiger partial charge in [-0.25, -0.2) is 4.39 Å². The zero-order valence-electron chi connectivity index (χ0n) is 16.5. The number of hydrogen-bond acceptors (Lipinski definition) is 3. The summed E-state index contributed by atoms with van der Waals surface area (Å²) in [5, 5.41) is 5.88. The summed E-state index contributed by atoms with van der Waals surface area (Å²) in [4.78, 5) is 13.0. The van der Waals surface area contributed by atoms with Crippen molar-refractivity contribution in [1.29, 1.82) is 0 Å². The highest BCUT2D eigenvalue weighted by Crippen LogP contribution is 2.32. The van der Waals surface area contributed by atoms with Gasteiger partial charge in [0.25, 0.3) is 5.91 Å². The van der Waals surface area contributed by atoms with Gasteiger partial charge in [0.2, 0.25) is 0 Å². The number of para-hydroxylation sites is 1. The predicted molar refractivity (Wildman–Crippen MR) is 118 cm³/mol. The Kier molecular flexibility index (Phi) is 5.20. The zero-order valence-corrected chi connectivity index (χ0v) is 17.3. The van der Waals surface area contributed by atoms with E-state index >= 15 is 0 Å². The molecule has 1 unspecified atom stereocenters. The third-order valence-corrected chi connectivity index (χ3v) is 5.97. The second-order valence-electron chi connectivity index (χ2n) is 7.10. The molecule has 6 heteroatoms. The first-order valence-electron chi connectivity index (χ1n) is 9.38. The molecule has 1 aliphatic rings. The van der Waals surface area contributed by atoms with Crippen LogP contribution in [-0.4, -0.2) is 16.0 Å². The highest BCUT2D eigenvalue weighted by molar-refractivity contribution is 8.05. The van der Waals surface area contributed by atoms with E-state index in [0.717, 1.165) is 22.6 Å². The van der Waals surface area contributed by atoms with Crippen molar-refractivity contribution in [3.05, 3.63) is 87.8 Å². The molecule has 1 atom stereocenters. The van der Waals surface area contributed by atoms with Gasteiger partial charge in [-0.2, -0.15) is 0 Å². The fourth-order valence-electron chi connectivity index (χ4n) is 3.45. The second-order valence-corrected chi connectivity index (χ2v) is 8.25. The van der Waals surface area contributed by atoms with Crippen molar-refractivity contribution in [3.8, 4) is 5.69 Å². The van der Waals surface area contributed by atoms with Crippen molar-refractivity contribution < 1.29 is 9.18 Å². The summed E-state index contributed by atoms with van der Waals surface area (Å²) in [7, 11) is 0. The van der Waals surface area contributed by atoms with Crippen molar-refractivity contribution in [2.24, 2.45) is 0 Å². The maximum atomic E-state index is 13.9. The molecule has 1 fully saturated rings. The summed E-state index contributed by atoms with van der Waals surface area (Å²) in [5.74, 6) is -0.509. The van der Waals surface area contributed by atoms with Gasteiger partial charge in [0.05, 0.1) is 10.6 Å². The van der Waals surface area contributed by atoms with Crippen molar-refractivity contribution in [1.82, 2.24) is 9.88 Å². The number of halogens is 1. The Morgan fingerprint density at radius 3 is 2.55 bits per heavy atom. The van der Waals surface area contributed by atoms with E-state index in [1.165, 1.54) is 23.4 Å². The summed E-state index contributed by atoms with van der Waals surface area (Å²) in [6.07, 6.45) is 1.90. The van der Waals surface area contributed by atoms with Gasteiger partial charge < -0.3 is 15.2 Å². The SMILES string of the molecule is Cc1ccc(-n2c(C)cc(/C=C3\SC(Nc4ccccc4F)NC3=O)c2C)cc1. The number of nitrogens with one attached hydrogen (secondary N) is 2. The van der Waals surface area contributed by atoms with Crippen LogP contribution in [0.25, 0.3) is 11.8 Å². The maximum absolute atomic E-state index is 13.9. The molecule has 1 amide bonds. The number of anilines is 1. The maximum Gasteiger partial charge on any atom is 0.260 e. The Morgan fingerprint density at radius 2 is 1.83 bits per heavy atom. The number of rotatable bonds is 4. The topological polar surface area (TPSA) is 46.1 Å². The zero-order chi connectivity index (χ0) is 20.5. The number of aromatic nitrogens is 1. The standard InChI is InChI=1S/C23H22FN3OS/c1-14-8-10-18(11-9-14)27-15(2)12-17(16(27)3)13-21-22(28)26-23(29-21)25-20-7-5-4-6-19(20)24/h4-13,23,25H,1-3H3,(H,26,28)/b21-13-. The van der Waals surface area contributed by atoms with Crippen LogP contribution in [0.15, 0.2) is 59.5 Å². The van der Waals surface area contributed by atoms with Gasteiger partial charge in [0.15, 0.2) is 5.50 Å². The number of carbonyl (C=O) groups excluding carboxylic acids is 1. The van der Waals surface area contributed by atoms with Crippen LogP contribution in [0.3, 0.4) is 0 Å². The highest BCUT2D eigenvalue weighted by atomic mass is 32.2. The summed E-state index contributed by atoms with van der Waals surface area (Å²) in [6, 6.07) is 16.9. The van der Waals surface area contributed by atoms with Gasteiger partial charge in [-0.3, -0.25) is 4.79 Å². The van der Waals surface area contributed by atoms with Gasteiger partial charge in [-0.1, -0.05) is 41.6 Å². The quantitative estimate of drug-likeness (QED) is 0.589. The normalized spacial score (nSPS) is 17.6. The molecule has 0 saturated carbocycles.